The summed E-state index contributed by atoms with van der Waals surface area (Å²) in [5.74, 6) is 0.760. The molecule has 0 aromatic heterocycles. The molecule has 19 heavy (non-hydrogen) atoms. The van der Waals surface area contributed by atoms with E-state index in [0.29, 0.717) is 5.56 Å². The summed E-state index contributed by atoms with van der Waals surface area (Å²) in [5.41, 5.74) is 1.32. The van der Waals surface area contributed by atoms with Crippen LogP contribution in [0, 0.1) is 14.9 Å². The second-order valence-electron chi connectivity index (χ2n) is 3.99. The molecule has 2 rings (SSSR count). The van der Waals surface area contributed by atoms with Crippen LogP contribution in [-0.4, -0.2) is 11.7 Å². The molecule has 1 atom stereocenters. The molecule has 0 fully saturated rings. The molecule has 1 N–H and O–H groups in total. The third-order valence-electron chi connectivity index (χ3n) is 2.66. The second kappa shape index (κ2) is 6.55. The van der Waals surface area contributed by atoms with Crippen LogP contribution in [0.25, 0.3) is 0 Å². The number of nitrogens with zero attached hydrogens (tertiary/aromatic N) is 1. The van der Waals surface area contributed by atoms with Crippen LogP contribution in [0.2, 0.25) is 0 Å². The van der Waals surface area contributed by atoms with Crippen molar-refractivity contribution in [2.75, 3.05) is 6.61 Å². The zero-order valence-electron chi connectivity index (χ0n) is 10.1. The van der Waals surface area contributed by atoms with Gasteiger partial charge in [0.2, 0.25) is 0 Å². The number of benzene rings is 2. The molecule has 2 aromatic rings. The van der Waals surface area contributed by atoms with Gasteiger partial charge in [-0.25, -0.2) is 0 Å². The van der Waals surface area contributed by atoms with E-state index in [0.717, 1.165) is 14.9 Å². The maximum absolute atomic E-state index is 10.0. The van der Waals surface area contributed by atoms with Gasteiger partial charge in [-0.05, 0) is 52.4 Å². The van der Waals surface area contributed by atoms with Crippen LogP contribution < -0.4 is 4.74 Å². The fourth-order valence-corrected chi connectivity index (χ4v) is 2.15. The summed E-state index contributed by atoms with van der Waals surface area (Å²) >= 11 is 2.19. The van der Waals surface area contributed by atoms with Gasteiger partial charge in [0.25, 0.3) is 0 Å². The molecule has 0 bridgehead atoms. The molecule has 0 aliphatic carbocycles. The Morgan fingerprint density at radius 1 is 1.16 bits per heavy atom. The van der Waals surface area contributed by atoms with Gasteiger partial charge in [0, 0.05) is 0 Å². The van der Waals surface area contributed by atoms with E-state index in [9.17, 15) is 5.11 Å². The van der Waals surface area contributed by atoms with E-state index >= 15 is 0 Å². The third kappa shape index (κ3) is 3.69. The Hall–Kier alpha value is -1.58. The first-order chi connectivity index (χ1) is 9.20. The van der Waals surface area contributed by atoms with Crippen molar-refractivity contribution in [3.05, 3.63) is 63.2 Å². The number of hydrogen-bond donors (Lipinski definition) is 1. The van der Waals surface area contributed by atoms with Gasteiger partial charge in [0.15, 0.2) is 0 Å². The lowest BCUT2D eigenvalue weighted by Gasteiger charge is -2.13. The number of ether oxygens (including phenoxy) is 1. The van der Waals surface area contributed by atoms with Gasteiger partial charge >= 0.3 is 0 Å². The van der Waals surface area contributed by atoms with Crippen LogP contribution in [0.3, 0.4) is 0 Å². The lowest BCUT2D eigenvalue weighted by molar-refractivity contribution is 0.107. The van der Waals surface area contributed by atoms with Gasteiger partial charge < -0.3 is 9.84 Å². The number of rotatable bonds is 4. The highest BCUT2D eigenvalue weighted by molar-refractivity contribution is 14.1. The van der Waals surface area contributed by atoms with Crippen LogP contribution in [0.5, 0.6) is 5.75 Å². The van der Waals surface area contributed by atoms with Crippen molar-refractivity contribution in [1.29, 1.82) is 5.26 Å². The summed E-state index contributed by atoms with van der Waals surface area (Å²) in [7, 11) is 0. The minimum atomic E-state index is -0.705. The van der Waals surface area contributed by atoms with Crippen molar-refractivity contribution in [2.24, 2.45) is 0 Å². The lowest BCUT2D eigenvalue weighted by Crippen LogP contribution is -2.10. The summed E-state index contributed by atoms with van der Waals surface area (Å²) in [6, 6.07) is 16.5. The van der Waals surface area contributed by atoms with Crippen molar-refractivity contribution >= 4 is 22.6 Å². The van der Waals surface area contributed by atoms with Crippen LogP contribution in [-0.2, 0) is 0 Å². The fourth-order valence-electron chi connectivity index (χ4n) is 1.61. The number of aliphatic hydroxyl groups excluding tert-OH is 1. The van der Waals surface area contributed by atoms with Gasteiger partial charge in [-0.15, -0.1) is 0 Å². The monoisotopic (exact) mass is 365 g/mol. The molecule has 0 radical (unpaired) electrons. The molecule has 4 heteroatoms. The molecule has 0 saturated heterocycles. The number of halogens is 1. The van der Waals surface area contributed by atoms with Gasteiger partial charge in [-0.1, -0.05) is 24.3 Å². The lowest BCUT2D eigenvalue weighted by atomic mass is 10.1. The van der Waals surface area contributed by atoms with Gasteiger partial charge in [0.05, 0.1) is 15.2 Å². The van der Waals surface area contributed by atoms with Crippen molar-refractivity contribution < 1.29 is 9.84 Å². The minimum Gasteiger partial charge on any atom is -0.489 e. The standard InChI is InChI=1S/C15H12INO2/c16-13-3-1-2-4-15(13)19-10-14(18)12-7-5-11(9-17)6-8-12/h1-8,14,18H,10H2/t14-/m1/s1. The Morgan fingerprint density at radius 3 is 2.47 bits per heavy atom. The highest BCUT2D eigenvalue weighted by Gasteiger charge is 2.09. The SMILES string of the molecule is N#Cc1ccc([C@H](O)COc2ccccc2I)cc1. The summed E-state index contributed by atoms with van der Waals surface area (Å²) in [6.45, 7) is 0.186. The molecule has 0 spiro atoms. The molecule has 0 amide bonds. The number of para-hydroxylation sites is 1. The molecule has 0 heterocycles. The Balaban J connectivity index is 1.99. The Kier molecular flexibility index (Phi) is 4.77. The molecule has 0 unspecified atom stereocenters. The van der Waals surface area contributed by atoms with E-state index in [-0.39, 0.29) is 6.61 Å². The second-order valence-corrected chi connectivity index (χ2v) is 5.15. The van der Waals surface area contributed by atoms with E-state index in [1.807, 2.05) is 30.3 Å². The van der Waals surface area contributed by atoms with Gasteiger partial charge in [0.1, 0.15) is 18.5 Å². The molecular formula is C15H12INO2. The summed E-state index contributed by atoms with van der Waals surface area (Å²) < 4.78 is 6.59. The highest BCUT2D eigenvalue weighted by Crippen LogP contribution is 2.22. The van der Waals surface area contributed by atoms with Crippen LogP contribution in [0.1, 0.15) is 17.2 Å². The van der Waals surface area contributed by atoms with Gasteiger partial charge in [-0.3, -0.25) is 0 Å². The zero-order chi connectivity index (χ0) is 13.7. The molecular weight excluding hydrogens is 353 g/mol. The molecule has 0 aliphatic heterocycles. The summed E-state index contributed by atoms with van der Waals surface area (Å²) in [5, 5.41) is 18.7. The summed E-state index contributed by atoms with van der Waals surface area (Å²) in [6.07, 6.45) is -0.705. The van der Waals surface area contributed by atoms with E-state index in [4.69, 9.17) is 10.00 Å². The van der Waals surface area contributed by atoms with Crippen molar-refractivity contribution in [3.63, 3.8) is 0 Å². The Bertz CT molecular complexity index is 590. The maximum atomic E-state index is 10.0. The smallest absolute Gasteiger partial charge is 0.132 e. The number of nitriles is 1. The quantitative estimate of drug-likeness (QED) is 0.847. The predicted molar refractivity (Wildman–Crippen MR) is 80.8 cm³/mol. The predicted octanol–water partition coefficient (Wildman–Crippen LogP) is 3.28. The first kappa shape index (κ1) is 13.8. The normalized spacial score (nSPS) is 11.6. The maximum Gasteiger partial charge on any atom is 0.132 e. The van der Waals surface area contributed by atoms with Crippen LogP contribution >= 0.6 is 22.6 Å². The average Bonchev–Trinajstić information content (AvgIpc) is 2.46. The third-order valence-corrected chi connectivity index (χ3v) is 3.55. The number of aliphatic hydroxyl groups is 1. The number of hydrogen-bond acceptors (Lipinski definition) is 3. The molecule has 3 nitrogen and oxygen atoms in total. The first-order valence-electron chi connectivity index (χ1n) is 5.76. The highest BCUT2D eigenvalue weighted by atomic mass is 127. The van der Waals surface area contributed by atoms with E-state index in [1.165, 1.54) is 0 Å². The topological polar surface area (TPSA) is 53.2 Å². The van der Waals surface area contributed by atoms with Crippen LogP contribution in [0.4, 0.5) is 0 Å². The fraction of sp³-hybridized carbons (Fsp3) is 0.133. The molecule has 0 aliphatic rings. The Labute approximate surface area is 125 Å². The van der Waals surface area contributed by atoms with Crippen LogP contribution in [0.15, 0.2) is 48.5 Å². The molecule has 0 saturated carbocycles. The Morgan fingerprint density at radius 2 is 1.84 bits per heavy atom. The van der Waals surface area contributed by atoms with E-state index < -0.39 is 6.10 Å². The first-order valence-corrected chi connectivity index (χ1v) is 6.84. The molecule has 96 valence electrons. The average molecular weight is 365 g/mol. The minimum absolute atomic E-state index is 0.186. The van der Waals surface area contributed by atoms with Crippen molar-refractivity contribution in [3.8, 4) is 11.8 Å². The van der Waals surface area contributed by atoms with Gasteiger partial charge in [-0.2, -0.15) is 5.26 Å². The molecule has 2 aromatic carbocycles. The summed E-state index contributed by atoms with van der Waals surface area (Å²) in [4.78, 5) is 0. The van der Waals surface area contributed by atoms with E-state index in [1.54, 1.807) is 24.3 Å². The van der Waals surface area contributed by atoms with Crippen molar-refractivity contribution in [1.82, 2.24) is 0 Å². The zero-order valence-corrected chi connectivity index (χ0v) is 12.2. The van der Waals surface area contributed by atoms with Crippen molar-refractivity contribution in [2.45, 2.75) is 6.10 Å². The largest absolute Gasteiger partial charge is 0.489 e. The van der Waals surface area contributed by atoms with E-state index in [2.05, 4.69) is 22.6 Å².